The lowest BCUT2D eigenvalue weighted by atomic mass is 10.1. The van der Waals surface area contributed by atoms with Crippen molar-refractivity contribution in [3.63, 3.8) is 0 Å². The summed E-state index contributed by atoms with van der Waals surface area (Å²) < 4.78 is 24.6. The number of hydrogen-bond donors (Lipinski definition) is 1. The summed E-state index contributed by atoms with van der Waals surface area (Å²) >= 11 is 8.64. The maximum absolute atomic E-state index is 12.1. The van der Waals surface area contributed by atoms with Crippen molar-refractivity contribution in [2.75, 3.05) is 0 Å². The molecule has 0 heterocycles. The van der Waals surface area contributed by atoms with Crippen molar-refractivity contribution in [3.05, 3.63) is 33.3 Å². The molecule has 0 saturated heterocycles. The first-order chi connectivity index (χ1) is 6.02. The molecule has 13 heavy (non-hydrogen) atoms. The van der Waals surface area contributed by atoms with Gasteiger partial charge < -0.3 is 5.11 Å². The highest BCUT2D eigenvalue weighted by Crippen LogP contribution is 2.29. The van der Waals surface area contributed by atoms with E-state index < -0.39 is 12.5 Å². The van der Waals surface area contributed by atoms with Crippen LogP contribution in [0.4, 0.5) is 8.78 Å². The Balaban J connectivity index is 3.01. The molecule has 0 aliphatic carbocycles. The summed E-state index contributed by atoms with van der Waals surface area (Å²) in [6.45, 7) is 0. The predicted molar refractivity (Wildman–Crippen MR) is 50.1 cm³/mol. The van der Waals surface area contributed by atoms with Gasteiger partial charge in [0.1, 0.15) is 6.10 Å². The highest BCUT2D eigenvalue weighted by molar-refractivity contribution is 9.10. The van der Waals surface area contributed by atoms with Crippen LogP contribution >= 0.6 is 27.5 Å². The van der Waals surface area contributed by atoms with Crippen molar-refractivity contribution in [3.8, 4) is 0 Å². The van der Waals surface area contributed by atoms with Crippen molar-refractivity contribution in [2.45, 2.75) is 12.5 Å². The molecule has 72 valence electrons. The van der Waals surface area contributed by atoms with Gasteiger partial charge in [0, 0.05) is 15.1 Å². The molecule has 0 bridgehead atoms. The third-order valence-corrected chi connectivity index (χ3v) is 2.44. The smallest absolute Gasteiger partial charge is 0.268 e. The molecule has 1 aromatic rings. The quantitative estimate of drug-likeness (QED) is 0.874. The van der Waals surface area contributed by atoms with E-state index in [4.69, 9.17) is 16.7 Å². The summed E-state index contributed by atoms with van der Waals surface area (Å²) in [6.07, 6.45) is -4.57. The topological polar surface area (TPSA) is 20.2 Å². The molecule has 1 aromatic carbocycles. The number of benzene rings is 1. The maximum Gasteiger partial charge on any atom is 0.268 e. The lowest BCUT2D eigenvalue weighted by Crippen LogP contribution is -2.08. The highest BCUT2D eigenvalue weighted by atomic mass is 79.9. The fourth-order valence-corrected chi connectivity index (χ4v) is 1.79. The van der Waals surface area contributed by atoms with Crippen LogP contribution in [0.2, 0.25) is 5.02 Å². The highest BCUT2D eigenvalue weighted by Gasteiger charge is 2.21. The van der Waals surface area contributed by atoms with E-state index in [0.717, 1.165) is 0 Å². The van der Waals surface area contributed by atoms with Gasteiger partial charge in [-0.05, 0) is 12.1 Å². The van der Waals surface area contributed by atoms with E-state index in [1.807, 2.05) is 0 Å². The average molecular weight is 271 g/mol. The fraction of sp³-hybridized carbons (Fsp3) is 0.250. The Bertz CT molecular complexity index is 306. The number of hydrogen-bond acceptors (Lipinski definition) is 1. The molecule has 0 radical (unpaired) electrons. The standard InChI is InChI=1S/C8H6BrClF2O/c9-6-3-4(10)1-2-5(6)7(13)8(11)12/h1-3,7-8,13H. The van der Waals surface area contributed by atoms with Crippen LogP contribution in [0.5, 0.6) is 0 Å². The van der Waals surface area contributed by atoms with Crippen molar-refractivity contribution < 1.29 is 13.9 Å². The first-order valence-electron chi connectivity index (χ1n) is 3.43. The zero-order chi connectivity index (χ0) is 10.0. The molecule has 1 nitrogen and oxygen atoms in total. The number of halogens is 4. The average Bonchev–Trinajstić information content (AvgIpc) is 2.03. The van der Waals surface area contributed by atoms with Gasteiger partial charge in [0.25, 0.3) is 6.43 Å². The second-order valence-electron chi connectivity index (χ2n) is 2.45. The molecule has 0 saturated carbocycles. The summed E-state index contributed by atoms with van der Waals surface area (Å²) in [5.74, 6) is 0. The molecular weight excluding hydrogens is 265 g/mol. The molecule has 0 fully saturated rings. The molecule has 0 aliphatic rings. The summed E-state index contributed by atoms with van der Waals surface area (Å²) in [5, 5.41) is 9.47. The molecular formula is C8H6BrClF2O. The van der Waals surface area contributed by atoms with Crippen LogP contribution in [-0.2, 0) is 0 Å². The SMILES string of the molecule is OC(c1ccc(Cl)cc1Br)C(F)F. The van der Waals surface area contributed by atoms with Crippen LogP contribution in [0.15, 0.2) is 22.7 Å². The summed E-state index contributed by atoms with van der Waals surface area (Å²) in [7, 11) is 0. The van der Waals surface area contributed by atoms with Crippen molar-refractivity contribution in [1.29, 1.82) is 0 Å². The van der Waals surface area contributed by atoms with Gasteiger partial charge in [-0.1, -0.05) is 33.6 Å². The van der Waals surface area contributed by atoms with Crippen LogP contribution in [0.1, 0.15) is 11.7 Å². The van der Waals surface area contributed by atoms with Crippen LogP contribution in [-0.4, -0.2) is 11.5 Å². The van der Waals surface area contributed by atoms with Crippen molar-refractivity contribution in [1.82, 2.24) is 0 Å². The zero-order valence-corrected chi connectivity index (χ0v) is 8.69. The number of aliphatic hydroxyl groups is 1. The molecule has 5 heteroatoms. The van der Waals surface area contributed by atoms with Crippen LogP contribution in [0, 0.1) is 0 Å². The van der Waals surface area contributed by atoms with E-state index in [0.29, 0.717) is 9.50 Å². The van der Waals surface area contributed by atoms with Crippen molar-refractivity contribution in [2.24, 2.45) is 0 Å². The van der Waals surface area contributed by atoms with E-state index in [1.165, 1.54) is 18.2 Å². The number of aliphatic hydroxyl groups excluding tert-OH is 1. The van der Waals surface area contributed by atoms with Gasteiger partial charge in [0.2, 0.25) is 0 Å². The second kappa shape index (κ2) is 4.35. The molecule has 1 unspecified atom stereocenters. The zero-order valence-electron chi connectivity index (χ0n) is 6.35. The molecule has 1 rings (SSSR count). The van der Waals surface area contributed by atoms with Gasteiger partial charge in [-0.25, -0.2) is 8.78 Å². The van der Waals surface area contributed by atoms with Crippen molar-refractivity contribution >= 4 is 27.5 Å². The first-order valence-corrected chi connectivity index (χ1v) is 4.60. The third-order valence-electron chi connectivity index (χ3n) is 1.52. The first kappa shape index (κ1) is 10.9. The van der Waals surface area contributed by atoms with Crippen LogP contribution < -0.4 is 0 Å². The Morgan fingerprint density at radius 3 is 2.46 bits per heavy atom. The van der Waals surface area contributed by atoms with Gasteiger partial charge in [-0.3, -0.25) is 0 Å². The minimum atomic E-state index is -2.79. The maximum atomic E-state index is 12.1. The second-order valence-corrected chi connectivity index (χ2v) is 3.74. The summed E-state index contributed by atoms with van der Waals surface area (Å²) in [4.78, 5) is 0. The van der Waals surface area contributed by atoms with E-state index >= 15 is 0 Å². The van der Waals surface area contributed by atoms with Gasteiger partial charge in [-0.2, -0.15) is 0 Å². The fourth-order valence-electron chi connectivity index (χ4n) is 0.877. The Labute approximate surface area is 87.5 Å². The Kier molecular flexibility index (Phi) is 3.64. The van der Waals surface area contributed by atoms with Gasteiger partial charge in [0.15, 0.2) is 0 Å². The minimum absolute atomic E-state index is 0.138. The van der Waals surface area contributed by atoms with Crippen LogP contribution in [0.3, 0.4) is 0 Å². The number of alkyl halides is 2. The minimum Gasteiger partial charge on any atom is -0.382 e. The van der Waals surface area contributed by atoms with Crippen LogP contribution in [0.25, 0.3) is 0 Å². The van der Waals surface area contributed by atoms with Gasteiger partial charge >= 0.3 is 0 Å². The largest absolute Gasteiger partial charge is 0.382 e. The van der Waals surface area contributed by atoms with E-state index in [1.54, 1.807) is 0 Å². The van der Waals surface area contributed by atoms with E-state index in [9.17, 15) is 8.78 Å². The Hall–Kier alpha value is -0.190. The molecule has 0 amide bonds. The Morgan fingerprint density at radius 1 is 1.38 bits per heavy atom. The lowest BCUT2D eigenvalue weighted by molar-refractivity contribution is -0.00617. The normalized spacial score (nSPS) is 13.4. The molecule has 1 N–H and O–H groups in total. The summed E-state index contributed by atoms with van der Waals surface area (Å²) in [5.41, 5.74) is 0.138. The molecule has 0 aliphatic heterocycles. The van der Waals surface area contributed by atoms with Gasteiger partial charge in [0.05, 0.1) is 0 Å². The molecule has 0 aromatic heterocycles. The predicted octanol–water partition coefficient (Wildman–Crippen LogP) is 3.40. The summed E-state index contributed by atoms with van der Waals surface area (Å²) in [6, 6.07) is 4.28. The van der Waals surface area contributed by atoms with E-state index in [2.05, 4.69) is 15.9 Å². The molecule has 0 spiro atoms. The molecule has 1 atom stereocenters. The monoisotopic (exact) mass is 270 g/mol. The number of rotatable bonds is 2. The lowest BCUT2D eigenvalue weighted by Gasteiger charge is -2.11. The van der Waals surface area contributed by atoms with Gasteiger partial charge in [-0.15, -0.1) is 0 Å². The van der Waals surface area contributed by atoms with E-state index in [-0.39, 0.29) is 5.56 Å². The Morgan fingerprint density at radius 2 is 2.00 bits per heavy atom. The third kappa shape index (κ3) is 2.62.